The van der Waals surface area contributed by atoms with Gasteiger partial charge in [0.25, 0.3) is 0 Å². The second-order valence-electron chi connectivity index (χ2n) is 4.41. The van der Waals surface area contributed by atoms with Gasteiger partial charge in [-0.2, -0.15) is 0 Å². The van der Waals surface area contributed by atoms with E-state index in [0.717, 1.165) is 11.1 Å². The third-order valence-electron chi connectivity index (χ3n) is 2.78. The van der Waals surface area contributed by atoms with Crippen LogP contribution in [0.1, 0.15) is 21.5 Å². The fourth-order valence-corrected chi connectivity index (χ4v) is 2.39. The van der Waals surface area contributed by atoms with Crippen molar-refractivity contribution < 1.29 is 9.53 Å². The molecule has 2 aromatic carbocycles. The summed E-state index contributed by atoms with van der Waals surface area (Å²) in [7, 11) is 0. The molecule has 0 saturated carbocycles. The number of anilines is 1. The molecule has 5 heteroatoms. The second-order valence-corrected chi connectivity index (χ2v) is 5.67. The van der Waals surface area contributed by atoms with E-state index in [1.165, 1.54) is 0 Å². The minimum absolute atomic E-state index is 0.124. The van der Waals surface area contributed by atoms with Crippen molar-refractivity contribution >= 4 is 39.2 Å². The number of ether oxygens (including phenoxy) is 1. The van der Waals surface area contributed by atoms with Gasteiger partial charge >= 0.3 is 5.97 Å². The highest BCUT2D eigenvalue weighted by molar-refractivity contribution is 9.10. The van der Waals surface area contributed by atoms with Crippen molar-refractivity contribution in [1.29, 1.82) is 0 Å². The normalized spacial score (nSPS) is 10.3. The molecule has 0 unspecified atom stereocenters. The van der Waals surface area contributed by atoms with Crippen LogP contribution in [0.15, 0.2) is 40.9 Å². The molecule has 0 radical (unpaired) electrons. The first-order chi connectivity index (χ1) is 9.47. The average molecular weight is 355 g/mol. The zero-order valence-electron chi connectivity index (χ0n) is 10.8. The van der Waals surface area contributed by atoms with E-state index in [4.69, 9.17) is 22.1 Å². The standard InChI is InChI=1S/C15H13BrClNO2/c1-9-2-3-10(14(17)6-9)8-20-15(19)12-7-11(18)4-5-13(12)16/h2-7H,8,18H2,1H3. The minimum atomic E-state index is -0.444. The van der Waals surface area contributed by atoms with E-state index in [1.807, 2.05) is 25.1 Å². The first kappa shape index (κ1) is 14.9. The number of carbonyl (C=O) groups excluding carboxylic acids is 1. The van der Waals surface area contributed by atoms with Crippen molar-refractivity contribution in [3.8, 4) is 0 Å². The SMILES string of the molecule is Cc1ccc(COC(=O)c2cc(N)ccc2Br)c(Cl)c1. The van der Waals surface area contributed by atoms with E-state index in [2.05, 4.69) is 15.9 Å². The van der Waals surface area contributed by atoms with Gasteiger partial charge in [-0.15, -0.1) is 0 Å². The summed E-state index contributed by atoms with van der Waals surface area (Å²) in [6.45, 7) is 2.07. The van der Waals surface area contributed by atoms with Gasteiger partial charge in [0.1, 0.15) is 6.61 Å². The highest BCUT2D eigenvalue weighted by Crippen LogP contribution is 2.22. The van der Waals surface area contributed by atoms with Crippen LogP contribution in [0.3, 0.4) is 0 Å². The summed E-state index contributed by atoms with van der Waals surface area (Å²) in [5, 5.41) is 0.587. The highest BCUT2D eigenvalue weighted by Gasteiger charge is 2.13. The van der Waals surface area contributed by atoms with E-state index < -0.39 is 5.97 Å². The van der Waals surface area contributed by atoms with Crippen molar-refractivity contribution in [1.82, 2.24) is 0 Å². The third-order valence-corrected chi connectivity index (χ3v) is 3.82. The Balaban J connectivity index is 2.10. The molecular weight excluding hydrogens is 342 g/mol. The number of benzene rings is 2. The van der Waals surface area contributed by atoms with Gasteiger partial charge in [-0.05, 0) is 52.7 Å². The summed E-state index contributed by atoms with van der Waals surface area (Å²) in [4.78, 5) is 12.0. The van der Waals surface area contributed by atoms with Crippen LogP contribution in [0.25, 0.3) is 0 Å². The van der Waals surface area contributed by atoms with Gasteiger partial charge in [-0.25, -0.2) is 4.79 Å². The smallest absolute Gasteiger partial charge is 0.339 e. The summed E-state index contributed by atoms with van der Waals surface area (Å²) in [5.74, 6) is -0.444. The summed E-state index contributed by atoms with van der Waals surface area (Å²) in [6.07, 6.45) is 0. The van der Waals surface area contributed by atoms with Gasteiger partial charge in [-0.1, -0.05) is 23.7 Å². The van der Waals surface area contributed by atoms with Crippen molar-refractivity contribution in [2.75, 3.05) is 5.73 Å². The molecule has 2 aromatic rings. The Kier molecular flexibility index (Phi) is 4.68. The number of nitrogen functional groups attached to an aromatic ring is 1. The highest BCUT2D eigenvalue weighted by atomic mass is 79.9. The lowest BCUT2D eigenvalue weighted by atomic mass is 10.1. The largest absolute Gasteiger partial charge is 0.457 e. The van der Waals surface area contributed by atoms with Crippen LogP contribution in [-0.4, -0.2) is 5.97 Å². The number of halogens is 2. The van der Waals surface area contributed by atoms with Gasteiger partial charge in [-0.3, -0.25) is 0 Å². The molecule has 2 rings (SSSR count). The molecule has 0 heterocycles. The Labute approximate surface area is 130 Å². The van der Waals surface area contributed by atoms with Gasteiger partial charge in [0.15, 0.2) is 0 Å². The fourth-order valence-electron chi connectivity index (χ4n) is 1.69. The molecular formula is C15H13BrClNO2. The first-order valence-corrected chi connectivity index (χ1v) is 7.11. The molecule has 3 nitrogen and oxygen atoms in total. The van der Waals surface area contributed by atoms with Crippen LogP contribution in [0.5, 0.6) is 0 Å². The van der Waals surface area contributed by atoms with Gasteiger partial charge in [0.05, 0.1) is 5.56 Å². The monoisotopic (exact) mass is 353 g/mol. The zero-order chi connectivity index (χ0) is 14.7. The number of hydrogen-bond acceptors (Lipinski definition) is 3. The van der Waals surface area contributed by atoms with Crippen molar-refractivity contribution in [3.63, 3.8) is 0 Å². The molecule has 0 aromatic heterocycles. The quantitative estimate of drug-likeness (QED) is 0.658. The minimum Gasteiger partial charge on any atom is -0.457 e. The van der Waals surface area contributed by atoms with Crippen LogP contribution < -0.4 is 5.73 Å². The van der Waals surface area contributed by atoms with Gasteiger partial charge in [0, 0.05) is 20.7 Å². The number of nitrogens with two attached hydrogens (primary N) is 1. The van der Waals surface area contributed by atoms with E-state index in [-0.39, 0.29) is 6.61 Å². The Morgan fingerprint density at radius 1 is 1.30 bits per heavy atom. The van der Waals surface area contributed by atoms with Gasteiger partial charge in [0.2, 0.25) is 0 Å². The first-order valence-electron chi connectivity index (χ1n) is 5.94. The molecule has 104 valence electrons. The Morgan fingerprint density at radius 3 is 2.75 bits per heavy atom. The molecule has 0 spiro atoms. The van der Waals surface area contributed by atoms with E-state index in [9.17, 15) is 4.79 Å². The van der Waals surface area contributed by atoms with Gasteiger partial charge < -0.3 is 10.5 Å². The summed E-state index contributed by atoms with van der Waals surface area (Å²) in [5.41, 5.74) is 8.40. The van der Waals surface area contributed by atoms with E-state index in [0.29, 0.717) is 20.7 Å². The van der Waals surface area contributed by atoms with Crippen molar-refractivity contribution in [2.45, 2.75) is 13.5 Å². The van der Waals surface area contributed by atoms with Crippen LogP contribution in [0.2, 0.25) is 5.02 Å². The lowest BCUT2D eigenvalue weighted by Gasteiger charge is -2.09. The topological polar surface area (TPSA) is 52.3 Å². The zero-order valence-corrected chi connectivity index (χ0v) is 13.2. The molecule has 0 amide bonds. The average Bonchev–Trinajstić information content (AvgIpc) is 2.40. The molecule has 0 fully saturated rings. The van der Waals surface area contributed by atoms with E-state index in [1.54, 1.807) is 18.2 Å². The molecule has 0 saturated heterocycles. The third kappa shape index (κ3) is 3.52. The Morgan fingerprint density at radius 2 is 2.05 bits per heavy atom. The van der Waals surface area contributed by atoms with Crippen LogP contribution >= 0.6 is 27.5 Å². The lowest BCUT2D eigenvalue weighted by molar-refractivity contribution is 0.0472. The molecule has 0 aliphatic heterocycles. The predicted molar refractivity (Wildman–Crippen MR) is 83.9 cm³/mol. The molecule has 0 aliphatic carbocycles. The van der Waals surface area contributed by atoms with Crippen LogP contribution in [-0.2, 0) is 11.3 Å². The molecule has 0 bridgehead atoms. The van der Waals surface area contributed by atoms with Crippen LogP contribution in [0, 0.1) is 6.92 Å². The van der Waals surface area contributed by atoms with Crippen molar-refractivity contribution in [2.24, 2.45) is 0 Å². The summed E-state index contributed by atoms with van der Waals surface area (Å²) >= 11 is 9.39. The van der Waals surface area contributed by atoms with Crippen LogP contribution in [0.4, 0.5) is 5.69 Å². The van der Waals surface area contributed by atoms with Crippen molar-refractivity contribution in [3.05, 3.63) is 62.6 Å². The van der Waals surface area contributed by atoms with E-state index >= 15 is 0 Å². The molecule has 20 heavy (non-hydrogen) atoms. The number of hydrogen-bond donors (Lipinski definition) is 1. The number of carbonyl (C=O) groups is 1. The molecule has 0 aliphatic rings. The Bertz CT molecular complexity index is 658. The Hall–Kier alpha value is -1.52. The number of esters is 1. The summed E-state index contributed by atoms with van der Waals surface area (Å²) < 4.78 is 5.91. The summed E-state index contributed by atoms with van der Waals surface area (Å²) in [6, 6.07) is 10.6. The predicted octanol–water partition coefficient (Wildman–Crippen LogP) is 4.35. The maximum atomic E-state index is 12.0. The maximum Gasteiger partial charge on any atom is 0.339 e. The maximum absolute atomic E-state index is 12.0. The second kappa shape index (κ2) is 6.29. The lowest BCUT2D eigenvalue weighted by Crippen LogP contribution is -2.07. The number of rotatable bonds is 3. The number of aryl methyl sites for hydroxylation is 1. The molecule has 2 N–H and O–H groups in total. The fraction of sp³-hybridized carbons (Fsp3) is 0.133. The molecule has 0 atom stereocenters.